The number of ether oxygens (including phenoxy) is 1. The topological polar surface area (TPSA) is 69.0 Å². The Morgan fingerprint density at radius 2 is 1.68 bits per heavy atom. The Kier molecular flexibility index (Phi) is 7.21. The summed E-state index contributed by atoms with van der Waals surface area (Å²) in [5.74, 6) is -2.38. The molecule has 164 valence electrons. The van der Waals surface area contributed by atoms with E-state index < -0.39 is 35.2 Å². The lowest BCUT2D eigenvalue weighted by atomic mass is 10.3. The standard InChI is InChI=1S/C21H21F3N4O2S/c1-12(2)28-20(13(3)30-17-10-5-4-7-14(17)22)26-27-21(28)31-11-18(29)25-19-15(23)8-6-9-16(19)24/h4-10,12-13H,11H2,1-3H3,(H,25,29). The zero-order chi connectivity index (χ0) is 22.5. The maximum Gasteiger partial charge on any atom is 0.235 e. The zero-order valence-electron chi connectivity index (χ0n) is 17.1. The summed E-state index contributed by atoms with van der Waals surface area (Å²) in [4.78, 5) is 12.2. The Hall–Kier alpha value is -3.01. The minimum absolute atomic E-state index is 0.0776. The van der Waals surface area contributed by atoms with E-state index in [1.807, 2.05) is 13.8 Å². The van der Waals surface area contributed by atoms with Gasteiger partial charge in [-0.25, -0.2) is 13.2 Å². The Balaban J connectivity index is 1.71. The predicted molar refractivity (Wildman–Crippen MR) is 112 cm³/mol. The normalized spacial score (nSPS) is 12.1. The number of anilines is 1. The third-order valence-electron chi connectivity index (χ3n) is 4.27. The van der Waals surface area contributed by atoms with E-state index in [4.69, 9.17) is 4.74 Å². The van der Waals surface area contributed by atoms with Crippen LogP contribution in [0, 0.1) is 17.5 Å². The SMILES string of the molecule is CC(Oc1ccccc1F)c1nnc(SCC(=O)Nc2c(F)cccc2F)n1C(C)C. The van der Waals surface area contributed by atoms with Crippen molar-refractivity contribution in [3.8, 4) is 5.75 Å². The average Bonchev–Trinajstić information content (AvgIpc) is 3.15. The van der Waals surface area contributed by atoms with Crippen LogP contribution in [0.1, 0.15) is 38.7 Å². The van der Waals surface area contributed by atoms with E-state index in [1.165, 1.54) is 18.2 Å². The summed E-state index contributed by atoms with van der Waals surface area (Å²) in [6.07, 6.45) is -0.609. The fourth-order valence-corrected chi connectivity index (χ4v) is 3.73. The zero-order valence-corrected chi connectivity index (χ0v) is 17.9. The van der Waals surface area contributed by atoms with Crippen molar-refractivity contribution >= 4 is 23.4 Å². The van der Waals surface area contributed by atoms with E-state index in [1.54, 1.807) is 23.6 Å². The Labute approximate surface area is 181 Å². The quantitative estimate of drug-likeness (QED) is 0.481. The van der Waals surface area contributed by atoms with Gasteiger partial charge in [-0.05, 0) is 45.0 Å². The van der Waals surface area contributed by atoms with Crippen LogP contribution in [-0.4, -0.2) is 26.4 Å². The molecule has 1 amide bonds. The van der Waals surface area contributed by atoms with Crippen molar-refractivity contribution in [1.29, 1.82) is 0 Å². The van der Waals surface area contributed by atoms with Gasteiger partial charge in [-0.15, -0.1) is 10.2 Å². The summed E-state index contributed by atoms with van der Waals surface area (Å²) < 4.78 is 48.8. The maximum absolute atomic E-state index is 13.9. The van der Waals surface area contributed by atoms with Gasteiger partial charge < -0.3 is 14.6 Å². The molecule has 1 atom stereocenters. The summed E-state index contributed by atoms with van der Waals surface area (Å²) in [5, 5.41) is 10.9. The first-order valence-electron chi connectivity index (χ1n) is 9.50. The van der Waals surface area contributed by atoms with Gasteiger partial charge in [0.2, 0.25) is 5.91 Å². The number of nitrogens with one attached hydrogen (secondary N) is 1. The van der Waals surface area contributed by atoms with Crippen LogP contribution >= 0.6 is 11.8 Å². The highest BCUT2D eigenvalue weighted by molar-refractivity contribution is 7.99. The molecule has 0 bridgehead atoms. The lowest BCUT2D eigenvalue weighted by Gasteiger charge is -2.19. The molecular weight excluding hydrogens is 429 g/mol. The van der Waals surface area contributed by atoms with Gasteiger partial charge in [0, 0.05) is 6.04 Å². The van der Waals surface area contributed by atoms with Crippen molar-refractivity contribution in [2.24, 2.45) is 0 Å². The van der Waals surface area contributed by atoms with Crippen LogP contribution in [0.25, 0.3) is 0 Å². The fourth-order valence-electron chi connectivity index (χ4n) is 2.86. The van der Waals surface area contributed by atoms with Crippen molar-refractivity contribution in [2.45, 2.75) is 38.1 Å². The molecule has 0 saturated heterocycles. The minimum atomic E-state index is -0.856. The van der Waals surface area contributed by atoms with Gasteiger partial charge in [0.1, 0.15) is 17.3 Å². The summed E-state index contributed by atoms with van der Waals surface area (Å²) in [6, 6.07) is 9.30. The number of hydrogen-bond acceptors (Lipinski definition) is 5. The summed E-state index contributed by atoms with van der Waals surface area (Å²) in [6.45, 7) is 5.53. The lowest BCUT2D eigenvalue weighted by molar-refractivity contribution is -0.113. The molecule has 1 heterocycles. The number of benzene rings is 2. The van der Waals surface area contributed by atoms with E-state index in [-0.39, 0.29) is 17.5 Å². The highest BCUT2D eigenvalue weighted by Gasteiger charge is 2.23. The van der Waals surface area contributed by atoms with Crippen LogP contribution in [-0.2, 0) is 4.79 Å². The third-order valence-corrected chi connectivity index (χ3v) is 5.21. The molecule has 10 heteroatoms. The summed E-state index contributed by atoms with van der Waals surface area (Å²) in [5.41, 5.74) is -0.494. The van der Waals surface area contributed by atoms with Crippen molar-refractivity contribution in [3.05, 3.63) is 65.7 Å². The van der Waals surface area contributed by atoms with Gasteiger partial charge in [0.05, 0.1) is 5.75 Å². The van der Waals surface area contributed by atoms with Gasteiger partial charge in [0.25, 0.3) is 0 Å². The molecule has 3 rings (SSSR count). The molecule has 0 aliphatic heterocycles. The van der Waals surface area contributed by atoms with Crippen LogP contribution < -0.4 is 10.1 Å². The van der Waals surface area contributed by atoms with Crippen LogP contribution in [0.15, 0.2) is 47.6 Å². The number of para-hydroxylation sites is 2. The third kappa shape index (κ3) is 5.38. The second kappa shape index (κ2) is 9.86. The number of aromatic nitrogens is 3. The molecule has 0 aliphatic rings. The number of nitrogens with zero attached hydrogens (tertiary/aromatic N) is 3. The van der Waals surface area contributed by atoms with Gasteiger partial charge in [-0.3, -0.25) is 4.79 Å². The van der Waals surface area contributed by atoms with E-state index in [2.05, 4.69) is 15.5 Å². The molecule has 31 heavy (non-hydrogen) atoms. The number of carbonyl (C=O) groups is 1. The number of carbonyl (C=O) groups excluding carboxylic acids is 1. The van der Waals surface area contributed by atoms with E-state index >= 15 is 0 Å². The molecule has 6 nitrogen and oxygen atoms in total. The molecule has 0 aliphatic carbocycles. The molecule has 2 aromatic carbocycles. The van der Waals surface area contributed by atoms with Gasteiger partial charge >= 0.3 is 0 Å². The number of hydrogen-bond donors (Lipinski definition) is 1. The first-order valence-corrected chi connectivity index (χ1v) is 10.5. The maximum atomic E-state index is 13.9. The highest BCUT2D eigenvalue weighted by atomic mass is 32.2. The molecule has 0 spiro atoms. The van der Waals surface area contributed by atoms with Crippen molar-refractivity contribution in [1.82, 2.24) is 14.8 Å². The second-order valence-electron chi connectivity index (χ2n) is 6.93. The summed E-state index contributed by atoms with van der Waals surface area (Å²) in [7, 11) is 0. The predicted octanol–water partition coefficient (Wildman–Crippen LogP) is 5.15. The molecular formula is C21H21F3N4O2S. The van der Waals surface area contributed by atoms with E-state index in [0.717, 1.165) is 23.9 Å². The minimum Gasteiger partial charge on any atom is -0.480 e. The van der Waals surface area contributed by atoms with Crippen LogP contribution in [0.2, 0.25) is 0 Å². The monoisotopic (exact) mass is 450 g/mol. The Morgan fingerprint density at radius 3 is 2.32 bits per heavy atom. The average molecular weight is 450 g/mol. The highest BCUT2D eigenvalue weighted by Crippen LogP contribution is 2.29. The first-order chi connectivity index (χ1) is 14.8. The van der Waals surface area contributed by atoms with E-state index in [9.17, 15) is 18.0 Å². The Morgan fingerprint density at radius 1 is 1.03 bits per heavy atom. The molecule has 1 N–H and O–H groups in total. The fraction of sp³-hybridized carbons (Fsp3) is 0.286. The van der Waals surface area contributed by atoms with Crippen LogP contribution in [0.4, 0.5) is 18.9 Å². The van der Waals surface area contributed by atoms with Crippen molar-refractivity contribution in [3.63, 3.8) is 0 Å². The molecule has 0 fully saturated rings. The van der Waals surface area contributed by atoms with Gasteiger partial charge in [-0.2, -0.15) is 0 Å². The smallest absolute Gasteiger partial charge is 0.235 e. The van der Waals surface area contributed by atoms with Crippen LogP contribution in [0.3, 0.4) is 0 Å². The molecule has 0 radical (unpaired) electrons. The Bertz CT molecular complexity index is 1050. The van der Waals surface area contributed by atoms with Gasteiger partial charge in [0.15, 0.2) is 28.7 Å². The number of halogens is 3. The number of amides is 1. The molecule has 1 unspecified atom stereocenters. The molecule has 3 aromatic rings. The first kappa shape index (κ1) is 22.7. The van der Waals surface area contributed by atoms with Crippen molar-refractivity contribution < 1.29 is 22.7 Å². The van der Waals surface area contributed by atoms with Crippen molar-refractivity contribution in [2.75, 3.05) is 11.1 Å². The molecule has 1 aromatic heterocycles. The number of rotatable bonds is 8. The molecule has 0 saturated carbocycles. The largest absolute Gasteiger partial charge is 0.480 e. The lowest BCUT2D eigenvalue weighted by Crippen LogP contribution is -2.18. The second-order valence-corrected chi connectivity index (χ2v) is 7.87. The summed E-state index contributed by atoms with van der Waals surface area (Å²) >= 11 is 1.06. The van der Waals surface area contributed by atoms with Crippen LogP contribution in [0.5, 0.6) is 5.75 Å². The number of thioether (sulfide) groups is 1. The van der Waals surface area contributed by atoms with Gasteiger partial charge in [-0.1, -0.05) is 30.0 Å². The van der Waals surface area contributed by atoms with E-state index in [0.29, 0.717) is 11.0 Å².